The van der Waals surface area contributed by atoms with Crippen molar-refractivity contribution in [3.63, 3.8) is 0 Å². The van der Waals surface area contributed by atoms with Crippen LogP contribution in [-0.2, 0) is 0 Å². The quantitative estimate of drug-likeness (QED) is 0.536. The number of hydrogen-bond donors (Lipinski definition) is 2. The summed E-state index contributed by atoms with van der Waals surface area (Å²) in [4.78, 5) is 4.19. The molecule has 1 heterocycles. The Hall–Kier alpha value is -0.570. The molecule has 0 bridgehead atoms. The van der Waals surface area contributed by atoms with Crippen LogP contribution in [0.1, 0.15) is 13.3 Å². The topological polar surface area (TPSA) is 50.4 Å². The Labute approximate surface area is 55.3 Å². The van der Waals surface area contributed by atoms with E-state index in [1.807, 2.05) is 0 Å². The zero-order valence-electron chi connectivity index (χ0n) is 5.72. The fourth-order valence-corrected chi connectivity index (χ4v) is 0.858. The minimum atomic E-state index is 0.132. The van der Waals surface area contributed by atoms with Gasteiger partial charge in [-0.25, -0.2) is 0 Å². The predicted molar refractivity (Wildman–Crippen MR) is 38.6 cm³/mol. The first kappa shape index (κ1) is 6.55. The average Bonchev–Trinajstić information content (AvgIpc) is 2.37. The lowest BCUT2D eigenvalue weighted by Crippen LogP contribution is -2.37. The monoisotopic (exact) mass is 127 g/mol. The molecule has 9 heavy (non-hydrogen) atoms. The van der Waals surface area contributed by atoms with Gasteiger partial charge >= 0.3 is 0 Å². The van der Waals surface area contributed by atoms with Crippen LogP contribution in [0.5, 0.6) is 0 Å². The fourth-order valence-electron chi connectivity index (χ4n) is 0.858. The maximum absolute atomic E-state index is 5.68. The lowest BCUT2D eigenvalue weighted by molar-refractivity contribution is 0.794. The van der Waals surface area contributed by atoms with Crippen LogP contribution in [0.25, 0.3) is 0 Å². The Bertz CT molecular complexity index is 119. The van der Waals surface area contributed by atoms with Gasteiger partial charge in [-0.2, -0.15) is 0 Å². The van der Waals surface area contributed by atoms with Crippen molar-refractivity contribution < 1.29 is 0 Å². The van der Waals surface area contributed by atoms with Crippen molar-refractivity contribution in [3.05, 3.63) is 0 Å². The van der Waals surface area contributed by atoms with Crippen LogP contribution in [0.15, 0.2) is 4.99 Å². The molecule has 0 saturated carbocycles. The molecule has 0 saturated heterocycles. The first-order valence-corrected chi connectivity index (χ1v) is 3.38. The third-order valence-electron chi connectivity index (χ3n) is 1.49. The van der Waals surface area contributed by atoms with Gasteiger partial charge in [0.05, 0.1) is 12.6 Å². The normalized spacial score (nSPS) is 20.9. The Balaban J connectivity index is 2.40. The van der Waals surface area contributed by atoms with Gasteiger partial charge in [0.25, 0.3) is 0 Å². The van der Waals surface area contributed by atoms with E-state index in [2.05, 4.69) is 17.2 Å². The Morgan fingerprint density at radius 3 is 3.11 bits per heavy atom. The number of nitrogens with zero attached hydrogens (tertiary/aromatic N) is 1. The van der Waals surface area contributed by atoms with Crippen molar-refractivity contribution in [2.45, 2.75) is 19.4 Å². The van der Waals surface area contributed by atoms with Gasteiger partial charge in [-0.1, -0.05) is 6.92 Å². The van der Waals surface area contributed by atoms with Gasteiger partial charge in [0.2, 0.25) is 0 Å². The van der Waals surface area contributed by atoms with Crippen LogP contribution in [0, 0.1) is 0 Å². The second kappa shape index (κ2) is 2.82. The highest BCUT2D eigenvalue weighted by Crippen LogP contribution is 1.92. The Kier molecular flexibility index (Phi) is 2.05. The standard InChI is InChI=1S/C6H13N3/c1-2-5(7)6-8-3-4-9-6/h5H,2-4,7H2,1H3,(H,8,9). The maximum atomic E-state index is 5.68. The van der Waals surface area contributed by atoms with E-state index >= 15 is 0 Å². The van der Waals surface area contributed by atoms with Gasteiger partial charge in [-0.05, 0) is 6.42 Å². The molecule has 0 aliphatic carbocycles. The van der Waals surface area contributed by atoms with E-state index in [0.717, 1.165) is 25.3 Å². The summed E-state index contributed by atoms with van der Waals surface area (Å²) in [5, 5.41) is 3.13. The maximum Gasteiger partial charge on any atom is 0.113 e. The van der Waals surface area contributed by atoms with Crippen molar-refractivity contribution in [3.8, 4) is 0 Å². The smallest absolute Gasteiger partial charge is 0.113 e. The van der Waals surface area contributed by atoms with Crippen molar-refractivity contribution in [2.75, 3.05) is 13.1 Å². The molecule has 1 aliphatic rings. The average molecular weight is 127 g/mol. The third-order valence-corrected chi connectivity index (χ3v) is 1.49. The number of nitrogens with one attached hydrogen (secondary N) is 1. The molecule has 0 amide bonds. The summed E-state index contributed by atoms with van der Waals surface area (Å²) in [5.41, 5.74) is 5.68. The van der Waals surface area contributed by atoms with Crippen LogP contribution in [0.3, 0.4) is 0 Å². The summed E-state index contributed by atoms with van der Waals surface area (Å²) >= 11 is 0. The van der Waals surface area contributed by atoms with Gasteiger partial charge in [0.1, 0.15) is 5.84 Å². The van der Waals surface area contributed by atoms with Crippen molar-refractivity contribution in [2.24, 2.45) is 10.7 Å². The number of nitrogens with two attached hydrogens (primary N) is 1. The molecule has 1 rings (SSSR count). The van der Waals surface area contributed by atoms with Crippen molar-refractivity contribution in [1.29, 1.82) is 0 Å². The van der Waals surface area contributed by atoms with Gasteiger partial charge in [-0.15, -0.1) is 0 Å². The molecule has 3 N–H and O–H groups in total. The second-order valence-electron chi connectivity index (χ2n) is 2.21. The van der Waals surface area contributed by atoms with Crippen LogP contribution in [0.2, 0.25) is 0 Å². The summed E-state index contributed by atoms with van der Waals surface area (Å²) in [7, 11) is 0. The van der Waals surface area contributed by atoms with Gasteiger partial charge in [0, 0.05) is 6.54 Å². The highest BCUT2D eigenvalue weighted by atomic mass is 15.1. The zero-order chi connectivity index (χ0) is 6.69. The van der Waals surface area contributed by atoms with E-state index in [1.165, 1.54) is 0 Å². The van der Waals surface area contributed by atoms with Crippen molar-refractivity contribution in [1.82, 2.24) is 5.32 Å². The minimum Gasteiger partial charge on any atom is -0.371 e. The fraction of sp³-hybridized carbons (Fsp3) is 0.833. The van der Waals surface area contributed by atoms with Crippen LogP contribution >= 0.6 is 0 Å². The summed E-state index contributed by atoms with van der Waals surface area (Å²) in [6.07, 6.45) is 0.964. The first-order valence-electron chi connectivity index (χ1n) is 3.38. The van der Waals surface area contributed by atoms with Gasteiger partial charge in [0.15, 0.2) is 0 Å². The van der Waals surface area contributed by atoms with Gasteiger partial charge in [-0.3, -0.25) is 4.99 Å². The molecule has 0 spiro atoms. The van der Waals surface area contributed by atoms with E-state index in [-0.39, 0.29) is 6.04 Å². The molecule has 1 atom stereocenters. The van der Waals surface area contributed by atoms with Gasteiger partial charge < -0.3 is 11.1 Å². The van der Waals surface area contributed by atoms with Crippen molar-refractivity contribution >= 4 is 5.84 Å². The number of rotatable bonds is 2. The van der Waals surface area contributed by atoms with E-state index in [9.17, 15) is 0 Å². The lowest BCUT2D eigenvalue weighted by Gasteiger charge is -2.07. The molecule has 0 aromatic rings. The second-order valence-corrected chi connectivity index (χ2v) is 2.21. The lowest BCUT2D eigenvalue weighted by atomic mass is 10.2. The Morgan fingerprint density at radius 2 is 2.67 bits per heavy atom. The molecular weight excluding hydrogens is 114 g/mol. The highest BCUT2D eigenvalue weighted by molar-refractivity contribution is 5.88. The molecule has 1 unspecified atom stereocenters. The molecular formula is C6H13N3. The summed E-state index contributed by atoms with van der Waals surface area (Å²) in [5.74, 6) is 0.984. The summed E-state index contributed by atoms with van der Waals surface area (Å²) in [6.45, 7) is 3.92. The molecule has 1 aliphatic heterocycles. The number of hydrogen-bond acceptors (Lipinski definition) is 3. The molecule has 0 aromatic heterocycles. The molecule has 0 aromatic carbocycles. The van der Waals surface area contributed by atoms with Crippen LogP contribution < -0.4 is 11.1 Å². The number of aliphatic imine (C=N–C) groups is 1. The van der Waals surface area contributed by atoms with E-state index in [1.54, 1.807) is 0 Å². The molecule has 52 valence electrons. The predicted octanol–water partition coefficient (Wildman–Crippen LogP) is -0.275. The summed E-state index contributed by atoms with van der Waals surface area (Å²) in [6, 6.07) is 0.132. The minimum absolute atomic E-state index is 0.132. The molecule has 3 nitrogen and oxygen atoms in total. The molecule has 0 radical (unpaired) electrons. The highest BCUT2D eigenvalue weighted by Gasteiger charge is 2.10. The number of amidine groups is 1. The third kappa shape index (κ3) is 1.42. The molecule has 0 fully saturated rings. The zero-order valence-corrected chi connectivity index (χ0v) is 5.72. The first-order chi connectivity index (χ1) is 4.34. The van der Waals surface area contributed by atoms with Crippen LogP contribution in [-0.4, -0.2) is 25.0 Å². The van der Waals surface area contributed by atoms with E-state index in [4.69, 9.17) is 5.73 Å². The Morgan fingerprint density at radius 1 is 1.89 bits per heavy atom. The van der Waals surface area contributed by atoms with Crippen LogP contribution in [0.4, 0.5) is 0 Å². The van der Waals surface area contributed by atoms with E-state index in [0.29, 0.717) is 0 Å². The molecule has 3 heteroatoms. The summed E-state index contributed by atoms with van der Waals surface area (Å²) < 4.78 is 0. The van der Waals surface area contributed by atoms with E-state index < -0.39 is 0 Å². The SMILES string of the molecule is CCC(N)C1=NCCN1. The largest absolute Gasteiger partial charge is 0.371 e.